The van der Waals surface area contributed by atoms with Crippen molar-refractivity contribution in [1.29, 1.82) is 0 Å². The van der Waals surface area contributed by atoms with Crippen molar-refractivity contribution in [2.75, 3.05) is 13.2 Å². The summed E-state index contributed by atoms with van der Waals surface area (Å²) in [7, 11) is 0. The Bertz CT molecular complexity index is 97.7. The molecule has 0 aliphatic carbocycles. The first-order valence-electron chi connectivity index (χ1n) is 4.60. The van der Waals surface area contributed by atoms with Gasteiger partial charge in [0.2, 0.25) is 0 Å². The summed E-state index contributed by atoms with van der Waals surface area (Å²) in [5, 5.41) is 9.59. The average molecular weight is 158 g/mol. The number of ether oxygens (including phenoxy) is 1. The summed E-state index contributed by atoms with van der Waals surface area (Å²) in [6.07, 6.45) is 4.12. The van der Waals surface area contributed by atoms with Crippen molar-refractivity contribution >= 4 is 0 Å². The molecule has 1 aliphatic rings. The number of hydrogen-bond acceptors (Lipinski definition) is 2. The van der Waals surface area contributed by atoms with Crippen LogP contribution >= 0.6 is 0 Å². The smallest absolute Gasteiger partial charge is 0.0590 e. The third kappa shape index (κ3) is 2.80. The van der Waals surface area contributed by atoms with Crippen molar-refractivity contribution in [2.45, 2.75) is 38.7 Å². The quantitative estimate of drug-likeness (QED) is 0.675. The molecule has 2 heteroatoms. The van der Waals surface area contributed by atoms with E-state index in [-0.39, 0.29) is 6.10 Å². The zero-order chi connectivity index (χ0) is 8.10. The Labute approximate surface area is 68.6 Å². The topological polar surface area (TPSA) is 29.5 Å². The van der Waals surface area contributed by atoms with Crippen LogP contribution in [0.5, 0.6) is 0 Å². The van der Waals surface area contributed by atoms with Crippen LogP contribution in [0, 0.1) is 5.92 Å². The summed E-state index contributed by atoms with van der Waals surface area (Å²) in [6.45, 7) is 3.75. The Balaban J connectivity index is 2.21. The number of hydrogen-bond donors (Lipinski definition) is 1. The van der Waals surface area contributed by atoms with E-state index in [0.717, 1.165) is 38.9 Å². The number of aliphatic hydroxyl groups excluding tert-OH is 1. The lowest BCUT2D eigenvalue weighted by molar-refractivity contribution is -0.0120. The van der Waals surface area contributed by atoms with Crippen LogP contribution in [0.1, 0.15) is 32.6 Å². The van der Waals surface area contributed by atoms with Gasteiger partial charge in [0.1, 0.15) is 0 Å². The van der Waals surface area contributed by atoms with Gasteiger partial charge in [-0.15, -0.1) is 0 Å². The monoisotopic (exact) mass is 158 g/mol. The van der Waals surface area contributed by atoms with Gasteiger partial charge in [0, 0.05) is 12.5 Å². The summed E-state index contributed by atoms with van der Waals surface area (Å²) < 4.78 is 5.29. The van der Waals surface area contributed by atoms with Crippen LogP contribution < -0.4 is 0 Å². The van der Waals surface area contributed by atoms with E-state index in [1.807, 2.05) is 0 Å². The summed E-state index contributed by atoms with van der Waals surface area (Å²) in [5.41, 5.74) is 0. The fourth-order valence-corrected chi connectivity index (χ4v) is 1.60. The van der Waals surface area contributed by atoms with Crippen molar-refractivity contribution in [3.05, 3.63) is 0 Å². The SMILES string of the molecule is CCC[C@H](O)C1CCCOC1. The van der Waals surface area contributed by atoms with Gasteiger partial charge in [-0.1, -0.05) is 13.3 Å². The van der Waals surface area contributed by atoms with E-state index in [9.17, 15) is 5.11 Å². The van der Waals surface area contributed by atoms with Gasteiger partial charge in [0.25, 0.3) is 0 Å². The molecular formula is C9H18O2. The van der Waals surface area contributed by atoms with Gasteiger partial charge in [-0.3, -0.25) is 0 Å². The molecule has 66 valence electrons. The molecule has 1 rings (SSSR count). The Morgan fingerprint density at radius 3 is 3.00 bits per heavy atom. The third-order valence-electron chi connectivity index (χ3n) is 2.32. The van der Waals surface area contributed by atoms with Crippen molar-refractivity contribution < 1.29 is 9.84 Å². The molecule has 0 radical (unpaired) electrons. The zero-order valence-corrected chi connectivity index (χ0v) is 7.25. The van der Waals surface area contributed by atoms with Gasteiger partial charge in [0.15, 0.2) is 0 Å². The largest absolute Gasteiger partial charge is 0.393 e. The van der Waals surface area contributed by atoms with Crippen molar-refractivity contribution in [3.8, 4) is 0 Å². The normalized spacial score (nSPS) is 28.4. The molecule has 1 unspecified atom stereocenters. The Morgan fingerprint density at radius 1 is 1.64 bits per heavy atom. The van der Waals surface area contributed by atoms with Gasteiger partial charge in [-0.2, -0.15) is 0 Å². The molecule has 0 bridgehead atoms. The van der Waals surface area contributed by atoms with Crippen molar-refractivity contribution in [3.63, 3.8) is 0 Å². The van der Waals surface area contributed by atoms with E-state index in [2.05, 4.69) is 6.92 Å². The molecule has 0 aromatic heterocycles. The molecule has 1 saturated heterocycles. The predicted molar refractivity (Wildman–Crippen MR) is 44.5 cm³/mol. The van der Waals surface area contributed by atoms with Gasteiger partial charge in [-0.25, -0.2) is 0 Å². The third-order valence-corrected chi connectivity index (χ3v) is 2.32. The molecule has 2 nitrogen and oxygen atoms in total. The minimum absolute atomic E-state index is 0.125. The van der Waals surface area contributed by atoms with E-state index in [0.29, 0.717) is 5.92 Å². The van der Waals surface area contributed by atoms with Crippen LogP contribution in [-0.4, -0.2) is 24.4 Å². The molecule has 0 amide bonds. The van der Waals surface area contributed by atoms with Gasteiger partial charge < -0.3 is 9.84 Å². The fraction of sp³-hybridized carbons (Fsp3) is 1.00. The number of rotatable bonds is 3. The highest BCUT2D eigenvalue weighted by Gasteiger charge is 2.20. The van der Waals surface area contributed by atoms with Crippen LogP contribution in [0.25, 0.3) is 0 Å². The van der Waals surface area contributed by atoms with Crippen LogP contribution in [0.2, 0.25) is 0 Å². The highest BCUT2D eigenvalue weighted by atomic mass is 16.5. The van der Waals surface area contributed by atoms with E-state index >= 15 is 0 Å². The van der Waals surface area contributed by atoms with Crippen molar-refractivity contribution in [1.82, 2.24) is 0 Å². The molecule has 0 aromatic carbocycles. The summed E-state index contributed by atoms with van der Waals surface area (Å²) in [4.78, 5) is 0. The fourth-order valence-electron chi connectivity index (χ4n) is 1.60. The van der Waals surface area contributed by atoms with E-state index in [1.165, 1.54) is 0 Å². The Hall–Kier alpha value is -0.0800. The van der Waals surface area contributed by atoms with Crippen molar-refractivity contribution in [2.24, 2.45) is 5.92 Å². The highest BCUT2D eigenvalue weighted by Crippen LogP contribution is 2.19. The molecule has 1 heterocycles. The molecule has 1 N–H and O–H groups in total. The molecule has 0 spiro atoms. The van der Waals surface area contributed by atoms with Crippen LogP contribution in [-0.2, 0) is 4.74 Å². The van der Waals surface area contributed by atoms with Gasteiger partial charge >= 0.3 is 0 Å². The molecule has 2 atom stereocenters. The minimum atomic E-state index is -0.125. The Morgan fingerprint density at radius 2 is 2.45 bits per heavy atom. The van der Waals surface area contributed by atoms with E-state index < -0.39 is 0 Å². The van der Waals surface area contributed by atoms with Crippen LogP contribution in [0.3, 0.4) is 0 Å². The average Bonchev–Trinajstić information content (AvgIpc) is 2.07. The van der Waals surface area contributed by atoms with Crippen LogP contribution in [0.15, 0.2) is 0 Å². The molecular weight excluding hydrogens is 140 g/mol. The molecule has 11 heavy (non-hydrogen) atoms. The van der Waals surface area contributed by atoms with Crippen LogP contribution in [0.4, 0.5) is 0 Å². The second kappa shape index (κ2) is 4.73. The second-order valence-electron chi connectivity index (χ2n) is 3.33. The first kappa shape index (κ1) is 9.01. The Kier molecular flexibility index (Phi) is 3.87. The molecule has 1 aliphatic heterocycles. The molecule has 0 aromatic rings. The first-order valence-corrected chi connectivity index (χ1v) is 4.60. The summed E-state index contributed by atoms with van der Waals surface area (Å²) in [6, 6.07) is 0. The van der Waals surface area contributed by atoms with E-state index in [1.54, 1.807) is 0 Å². The second-order valence-corrected chi connectivity index (χ2v) is 3.33. The minimum Gasteiger partial charge on any atom is -0.393 e. The lowest BCUT2D eigenvalue weighted by Gasteiger charge is -2.26. The van der Waals surface area contributed by atoms with Gasteiger partial charge in [0.05, 0.1) is 12.7 Å². The molecule has 1 fully saturated rings. The lowest BCUT2D eigenvalue weighted by atomic mass is 9.93. The number of aliphatic hydroxyl groups is 1. The molecule has 0 saturated carbocycles. The predicted octanol–water partition coefficient (Wildman–Crippen LogP) is 1.57. The summed E-state index contributed by atoms with van der Waals surface area (Å²) in [5.74, 6) is 0.406. The highest BCUT2D eigenvalue weighted by molar-refractivity contribution is 4.70. The maximum absolute atomic E-state index is 9.59. The maximum atomic E-state index is 9.59. The maximum Gasteiger partial charge on any atom is 0.0590 e. The lowest BCUT2D eigenvalue weighted by Crippen LogP contribution is -2.28. The summed E-state index contributed by atoms with van der Waals surface area (Å²) >= 11 is 0. The first-order chi connectivity index (χ1) is 5.34. The standard InChI is InChI=1S/C9H18O2/c1-2-4-9(10)8-5-3-6-11-7-8/h8-10H,2-7H2,1H3/t8?,9-/m0/s1. The van der Waals surface area contributed by atoms with E-state index in [4.69, 9.17) is 4.74 Å². The zero-order valence-electron chi connectivity index (χ0n) is 7.25. The van der Waals surface area contributed by atoms with Gasteiger partial charge in [-0.05, 0) is 19.3 Å².